The zero-order valence-corrected chi connectivity index (χ0v) is 6.52. The Morgan fingerprint density at radius 2 is 1.64 bits per heavy atom. The normalized spacial score (nSPS) is 16.3. The van der Waals surface area contributed by atoms with Crippen molar-refractivity contribution in [1.29, 1.82) is 0 Å². The lowest BCUT2D eigenvalue weighted by atomic mass is 10.1. The second-order valence-electron chi connectivity index (χ2n) is 2.70. The van der Waals surface area contributed by atoms with E-state index in [1.807, 2.05) is 0 Å². The highest BCUT2D eigenvalue weighted by Gasteiger charge is 2.34. The Morgan fingerprint density at radius 1 is 1.18 bits per heavy atom. The fourth-order valence-corrected chi connectivity index (χ4v) is 0.451. The molecule has 0 bridgehead atoms. The summed E-state index contributed by atoms with van der Waals surface area (Å²) in [7, 11) is 0. The van der Waals surface area contributed by atoms with Gasteiger partial charge in [-0.1, -0.05) is 26.0 Å². The predicted octanol–water partition coefficient (Wildman–Crippen LogP) is 2.09. The number of hydrogen-bond acceptors (Lipinski definition) is 1. The Kier molecular flexibility index (Phi) is 3.58. The van der Waals surface area contributed by atoms with Crippen molar-refractivity contribution in [2.75, 3.05) is 0 Å². The van der Waals surface area contributed by atoms with E-state index in [0.29, 0.717) is 0 Å². The van der Waals surface area contributed by atoms with Crippen LogP contribution in [-0.2, 0) is 0 Å². The molecule has 0 aliphatic heterocycles. The molecular weight excluding hydrogens is 155 g/mol. The maximum atomic E-state index is 11.7. The molecule has 0 fully saturated rings. The summed E-state index contributed by atoms with van der Waals surface area (Å²) >= 11 is 0. The van der Waals surface area contributed by atoms with Crippen molar-refractivity contribution in [3.05, 3.63) is 12.2 Å². The van der Waals surface area contributed by atoms with Gasteiger partial charge in [-0.15, -0.1) is 0 Å². The molecule has 0 saturated carbocycles. The molecular formula is C7H12F3N. The van der Waals surface area contributed by atoms with Crippen molar-refractivity contribution in [2.24, 2.45) is 11.7 Å². The summed E-state index contributed by atoms with van der Waals surface area (Å²) in [5, 5.41) is 0. The molecule has 1 unspecified atom stereocenters. The summed E-state index contributed by atoms with van der Waals surface area (Å²) in [5.41, 5.74) is 4.79. The number of halogens is 3. The van der Waals surface area contributed by atoms with Gasteiger partial charge in [0, 0.05) is 0 Å². The molecule has 0 spiro atoms. The first-order valence-corrected chi connectivity index (χ1v) is 3.34. The molecule has 0 aromatic carbocycles. The van der Waals surface area contributed by atoms with E-state index in [1.165, 1.54) is 6.08 Å². The minimum absolute atomic E-state index is 0.100. The largest absolute Gasteiger partial charge is 0.407 e. The lowest BCUT2D eigenvalue weighted by molar-refractivity contribution is -0.136. The first-order chi connectivity index (χ1) is 4.84. The van der Waals surface area contributed by atoms with Crippen LogP contribution >= 0.6 is 0 Å². The Bertz CT molecular complexity index is 137. The summed E-state index contributed by atoms with van der Waals surface area (Å²) < 4.78 is 35.2. The highest BCUT2D eigenvalue weighted by Crippen LogP contribution is 2.19. The average Bonchev–Trinajstić information content (AvgIpc) is 1.80. The van der Waals surface area contributed by atoms with Crippen LogP contribution in [0.25, 0.3) is 0 Å². The van der Waals surface area contributed by atoms with Gasteiger partial charge in [-0.25, -0.2) is 0 Å². The summed E-state index contributed by atoms with van der Waals surface area (Å²) in [6.07, 6.45) is -1.89. The van der Waals surface area contributed by atoms with E-state index in [1.54, 1.807) is 13.8 Å². The van der Waals surface area contributed by atoms with Crippen LogP contribution in [0.1, 0.15) is 13.8 Å². The lowest BCUT2D eigenvalue weighted by Gasteiger charge is -2.10. The summed E-state index contributed by atoms with van der Waals surface area (Å²) in [6, 6.07) is -1.83. The Balaban J connectivity index is 3.97. The highest BCUT2D eigenvalue weighted by molar-refractivity contribution is 4.96. The molecule has 2 N–H and O–H groups in total. The summed E-state index contributed by atoms with van der Waals surface area (Å²) in [5.74, 6) is 0.100. The number of alkyl halides is 3. The van der Waals surface area contributed by atoms with Crippen LogP contribution in [0.5, 0.6) is 0 Å². The quantitative estimate of drug-likeness (QED) is 0.626. The van der Waals surface area contributed by atoms with Gasteiger partial charge < -0.3 is 5.73 Å². The summed E-state index contributed by atoms with van der Waals surface area (Å²) in [4.78, 5) is 0. The van der Waals surface area contributed by atoms with Gasteiger partial charge in [0.2, 0.25) is 0 Å². The lowest BCUT2D eigenvalue weighted by Crippen LogP contribution is -2.35. The molecule has 0 heterocycles. The third kappa shape index (κ3) is 4.84. The van der Waals surface area contributed by atoms with E-state index in [9.17, 15) is 13.2 Å². The Hall–Kier alpha value is -0.510. The number of hydrogen-bond donors (Lipinski definition) is 1. The molecule has 1 nitrogen and oxygen atoms in total. The molecule has 0 aliphatic rings. The maximum Gasteiger partial charge on any atom is 0.407 e. The maximum absolute atomic E-state index is 11.7. The van der Waals surface area contributed by atoms with Crippen LogP contribution in [0.15, 0.2) is 12.2 Å². The van der Waals surface area contributed by atoms with Crippen LogP contribution < -0.4 is 5.73 Å². The molecule has 0 saturated heterocycles. The van der Waals surface area contributed by atoms with Crippen LogP contribution in [0.4, 0.5) is 13.2 Å². The van der Waals surface area contributed by atoms with Gasteiger partial charge in [-0.05, 0) is 5.92 Å². The molecule has 0 aromatic heterocycles. The average molecular weight is 167 g/mol. The molecule has 0 radical (unpaired) electrons. The Labute approximate surface area is 64.1 Å². The van der Waals surface area contributed by atoms with Crippen LogP contribution in [0, 0.1) is 5.92 Å². The van der Waals surface area contributed by atoms with Crippen LogP contribution in [0.2, 0.25) is 0 Å². The zero-order chi connectivity index (χ0) is 9.07. The fraction of sp³-hybridized carbons (Fsp3) is 0.714. The zero-order valence-electron chi connectivity index (χ0n) is 6.52. The third-order valence-corrected chi connectivity index (χ3v) is 1.08. The van der Waals surface area contributed by atoms with Crippen LogP contribution in [-0.4, -0.2) is 12.2 Å². The van der Waals surface area contributed by atoms with Crippen molar-refractivity contribution in [3.63, 3.8) is 0 Å². The minimum atomic E-state index is -4.31. The van der Waals surface area contributed by atoms with Gasteiger partial charge in [-0.2, -0.15) is 13.2 Å². The smallest absolute Gasteiger partial charge is 0.317 e. The predicted molar refractivity (Wildman–Crippen MR) is 38.0 cm³/mol. The minimum Gasteiger partial charge on any atom is -0.317 e. The summed E-state index contributed by atoms with van der Waals surface area (Å²) in [6.45, 7) is 3.58. The second-order valence-corrected chi connectivity index (χ2v) is 2.70. The first-order valence-electron chi connectivity index (χ1n) is 3.34. The van der Waals surface area contributed by atoms with Gasteiger partial charge in [0.05, 0.1) is 0 Å². The van der Waals surface area contributed by atoms with E-state index in [2.05, 4.69) is 0 Å². The van der Waals surface area contributed by atoms with E-state index < -0.39 is 12.2 Å². The Morgan fingerprint density at radius 3 is 1.91 bits per heavy atom. The van der Waals surface area contributed by atoms with Crippen molar-refractivity contribution in [3.8, 4) is 0 Å². The van der Waals surface area contributed by atoms with E-state index in [4.69, 9.17) is 5.73 Å². The van der Waals surface area contributed by atoms with Crippen LogP contribution in [0.3, 0.4) is 0 Å². The van der Waals surface area contributed by atoms with E-state index in [-0.39, 0.29) is 5.92 Å². The molecule has 0 aromatic rings. The topological polar surface area (TPSA) is 26.0 Å². The highest BCUT2D eigenvalue weighted by atomic mass is 19.4. The van der Waals surface area contributed by atoms with Gasteiger partial charge >= 0.3 is 6.18 Å². The van der Waals surface area contributed by atoms with Crippen molar-refractivity contribution < 1.29 is 13.2 Å². The number of nitrogens with two attached hydrogens (primary N) is 1. The third-order valence-electron chi connectivity index (χ3n) is 1.08. The van der Waals surface area contributed by atoms with Crippen molar-refractivity contribution in [1.82, 2.24) is 0 Å². The van der Waals surface area contributed by atoms with Gasteiger partial charge in [-0.3, -0.25) is 0 Å². The van der Waals surface area contributed by atoms with E-state index >= 15 is 0 Å². The number of allylic oxidation sites excluding steroid dienone is 1. The first kappa shape index (κ1) is 10.5. The molecule has 4 heteroatoms. The molecule has 0 rings (SSSR count). The fourth-order valence-electron chi connectivity index (χ4n) is 0.451. The van der Waals surface area contributed by atoms with Gasteiger partial charge in [0.15, 0.2) is 0 Å². The second kappa shape index (κ2) is 3.76. The molecule has 1 atom stereocenters. The SMILES string of the molecule is CC(C)/C=C/C(N)C(F)(F)F. The number of rotatable bonds is 2. The molecule has 66 valence electrons. The molecule has 0 amide bonds. The van der Waals surface area contributed by atoms with Crippen molar-refractivity contribution >= 4 is 0 Å². The molecule has 11 heavy (non-hydrogen) atoms. The van der Waals surface area contributed by atoms with Crippen molar-refractivity contribution in [2.45, 2.75) is 26.1 Å². The monoisotopic (exact) mass is 167 g/mol. The van der Waals surface area contributed by atoms with Gasteiger partial charge in [0.25, 0.3) is 0 Å². The van der Waals surface area contributed by atoms with E-state index in [0.717, 1.165) is 6.08 Å². The standard InChI is InChI=1S/C7H12F3N/c1-5(2)3-4-6(11)7(8,9)10/h3-6H,11H2,1-2H3/b4-3+. The molecule has 0 aliphatic carbocycles. The van der Waals surface area contributed by atoms with Gasteiger partial charge in [0.1, 0.15) is 6.04 Å².